The van der Waals surface area contributed by atoms with Crippen LogP contribution in [0, 0.1) is 6.92 Å². The minimum Gasteiger partial charge on any atom is -0.506 e. The third kappa shape index (κ3) is 4.90. The summed E-state index contributed by atoms with van der Waals surface area (Å²) in [5.41, 5.74) is 3.96. The Labute approximate surface area is 155 Å². The molecule has 0 heterocycles. The van der Waals surface area contributed by atoms with Crippen LogP contribution in [0.25, 0.3) is 0 Å². The molecule has 2 aromatic rings. The van der Waals surface area contributed by atoms with E-state index in [0.29, 0.717) is 15.7 Å². The predicted molar refractivity (Wildman–Crippen MR) is 99.1 cm³/mol. The van der Waals surface area contributed by atoms with E-state index >= 15 is 0 Å². The number of carbonyl (C=O) groups excluding carboxylic acids is 2. The fourth-order valence-corrected chi connectivity index (χ4v) is 3.06. The Hall–Kier alpha value is -2.19. The number of nitrogens with one attached hydrogen (secondary N) is 2. The summed E-state index contributed by atoms with van der Waals surface area (Å²) in [6, 6.07) is 10.4. The van der Waals surface area contributed by atoms with Gasteiger partial charge in [0.1, 0.15) is 5.75 Å². The van der Waals surface area contributed by atoms with Crippen molar-refractivity contribution in [1.82, 2.24) is 5.43 Å². The van der Waals surface area contributed by atoms with E-state index in [4.69, 9.17) is 0 Å². The largest absolute Gasteiger partial charge is 0.506 e. The third-order valence-corrected chi connectivity index (χ3v) is 3.97. The Morgan fingerprint density at radius 1 is 1.17 bits per heavy atom. The van der Waals surface area contributed by atoms with Gasteiger partial charge in [0.05, 0.1) is 10.7 Å². The number of anilines is 1. The smallest absolute Gasteiger partial charge is 0.329 e. The summed E-state index contributed by atoms with van der Waals surface area (Å²) in [5, 5.41) is 16.0. The molecule has 0 radical (unpaired) electrons. The summed E-state index contributed by atoms with van der Waals surface area (Å²) in [4.78, 5) is 23.5. The molecule has 8 heteroatoms. The lowest BCUT2D eigenvalue weighted by Crippen LogP contribution is -2.32. The topological polar surface area (TPSA) is 90.8 Å². The van der Waals surface area contributed by atoms with Crippen LogP contribution >= 0.6 is 31.9 Å². The van der Waals surface area contributed by atoms with Crippen molar-refractivity contribution in [3.8, 4) is 5.75 Å². The van der Waals surface area contributed by atoms with E-state index in [2.05, 4.69) is 47.7 Å². The monoisotopic (exact) mass is 453 g/mol. The van der Waals surface area contributed by atoms with Gasteiger partial charge in [0.25, 0.3) is 0 Å². The Kier molecular flexibility index (Phi) is 6.10. The first-order valence-electron chi connectivity index (χ1n) is 6.76. The number of phenols is 1. The first-order valence-corrected chi connectivity index (χ1v) is 8.34. The number of hydrazone groups is 1. The zero-order valence-electron chi connectivity index (χ0n) is 12.5. The van der Waals surface area contributed by atoms with Crippen molar-refractivity contribution in [3.63, 3.8) is 0 Å². The van der Waals surface area contributed by atoms with Crippen LogP contribution in [-0.2, 0) is 9.59 Å². The Morgan fingerprint density at radius 2 is 1.92 bits per heavy atom. The van der Waals surface area contributed by atoms with Crippen LogP contribution in [-0.4, -0.2) is 23.1 Å². The van der Waals surface area contributed by atoms with Crippen LogP contribution < -0.4 is 10.7 Å². The minimum absolute atomic E-state index is 0.0274. The van der Waals surface area contributed by atoms with Gasteiger partial charge < -0.3 is 10.4 Å². The standard InChI is InChI=1S/C16H13Br2N3O3/c1-9-3-2-4-12(5-9)20-15(23)16(24)21-19-8-10-6-11(17)7-13(18)14(10)22/h2-8,22H,1H3,(H,20,23)(H,21,24). The molecule has 0 fully saturated rings. The Morgan fingerprint density at radius 3 is 2.62 bits per heavy atom. The molecular formula is C16H13Br2N3O3. The molecule has 3 N–H and O–H groups in total. The molecule has 0 aliphatic carbocycles. The maximum absolute atomic E-state index is 11.8. The van der Waals surface area contributed by atoms with Gasteiger partial charge in [0, 0.05) is 15.7 Å². The SMILES string of the molecule is Cc1cccc(NC(=O)C(=O)NN=Cc2cc(Br)cc(Br)c2O)c1. The summed E-state index contributed by atoms with van der Waals surface area (Å²) in [6.45, 7) is 1.88. The molecule has 0 saturated heterocycles. The van der Waals surface area contributed by atoms with Crippen molar-refractivity contribution < 1.29 is 14.7 Å². The van der Waals surface area contributed by atoms with E-state index in [-0.39, 0.29) is 5.75 Å². The summed E-state index contributed by atoms with van der Waals surface area (Å²) in [7, 11) is 0. The molecule has 0 bridgehead atoms. The summed E-state index contributed by atoms with van der Waals surface area (Å²) in [5.74, 6) is -1.78. The fourth-order valence-electron chi connectivity index (χ4n) is 1.81. The first kappa shape index (κ1) is 18.2. The van der Waals surface area contributed by atoms with E-state index in [1.54, 1.807) is 30.3 Å². The Bertz CT molecular complexity index is 822. The van der Waals surface area contributed by atoms with Gasteiger partial charge in [-0.1, -0.05) is 28.1 Å². The van der Waals surface area contributed by atoms with Crippen molar-refractivity contribution in [3.05, 3.63) is 56.5 Å². The molecule has 124 valence electrons. The fraction of sp³-hybridized carbons (Fsp3) is 0.0625. The molecule has 0 aliphatic heterocycles. The van der Waals surface area contributed by atoms with Crippen LogP contribution in [0.15, 0.2) is 50.4 Å². The highest BCUT2D eigenvalue weighted by Gasteiger charge is 2.13. The molecule has 24 heavy (non-hydrogen) atoms. The van der Waals surface area contributed by atoms with Crippen molar-refractivity contribution in [2.45, 2.75) is 6.92 Å². The number of aromatic hydroxyl groups is 1. The molecule has 0 spiro atoms. The predicted octanol–water partition coefficient (Wildman–Crippen LogP) is 3.31. The summed E-state index contributed by atoms with van der Waals surface area (Å²) in [6.07, 6.45) is 1.24. The maximum atomic E-state index is 11.8. The van der Waals surface area contributed by atoms with Crippen molar-refractivity contribution in [1.29, 1.82) is 0 Å². The molecule has 2 rings (SSSR count). The highest BCUT2D eigenvalue weighted by Crippen LogP contribution is 2.30. The second kappa shape index (κ2) is 8.07. The molecule has 6 nitrogen and oxygen atoms in total. The van der Waals surface area contributed by atoms with Crippen molar-refractivity contribution >= 4 is 55.6 Å². The highest BCUT2D eigenvalue weighted by atomic mass is 79.9. The molecule has 0 aliphatic rings. The minimum atomic E-state index is -0.915. The number of amides is 2. The summed E-state index contributed by atoms with van der Waals surface area (Å²) < 4.78 is 1.19. The van der Waals surface area contributed by atoms with Gasteiger partial charge in [0.2, 0.25) is 0 Å². The average molecular weight is 455 g/mol. The van der Waals surface area contributed by atoms with Gasteiger partial charge in [-0.3, -0.25) is 9.59 Å². The number of hydrogen-bond acceptors (Lipinski definition) is 4. The molecule has 0 saturated carbocycles. The number of rotatable bonds is 3. The van der Waals surface area contributed by atoms with Crippen LogP contribution in [0.3, 0.4) is 0 Å². The zero-order chi connectivity index (χ0) is 17.7. The first-order chi connectivity index (χ1) is 11.4. The number of carbonyl (C=O) groups is 2. The van der Waals surface area contributed by atoms with Gasteiger partial charge in [-0.2, -0.15) is 5.10 Å². The van der Waals surface area contributed by atoms with Crippen LogP contribution in [0.5, 0.6) is 5.75 Å². The van der Waals surface area contributed by atoms with Gasteiger partial charge in [-0.15, -0.1) is 0 Å². The van der Waals surface area contributed by atoms with Crippen LogP contribution in [0.2, 0.25) is 0 Å². The molecule has 0 aromatic heterocycles. The third-order valence-electron chi connectivity index (χ3n) is 2.91. The lowest BCUT2D eigenvalue weighted by Gasteiger charge is -2.05. The van der Waals surface area contributed by atoms with E-state index in [1.165, 1.54) is 6.21 Å². The number of nitrogens with zero attached hydrogens (tertiary/aromatic N) is 1. The maximum Gasteiger partial charge on any atom is 0.329 e. The number of benzene rings is 2. The molecule has 0 atom stereocenters. The quantitative estimate of drug-likeness (QED) is 0.377. The molecule has 2 amide bonds. The lowest BCUT2D eigenvalue weighted by molar-refractivity contribution is -0.136. The lowest BCUT2D eigenvalue weighted by atomic mass is 10.2. The van der Waals surface area contributed by atoms with Crippen molar-refractivity contribution in [2.24, 2.45) is 5.10 Å². The van der Waals surface area contributed by atoms with Crippen LogP contribution in [0.4, 0.5) is 5.69 Å². The van der Waals surface area contributed by atoms with Crippen LogP contribution in [0.1, 0.15) is 11.1 Å². The van der Waals surface area contributed by atoms with Crippen molar-refractivity contribution in [2.75, 3.05) is 5.32 Å². The molecular weight excluding hydrogens is 442 g/mol. The number of phenolic OH excluding ortho intramolecular Hbond substituents is 1. The normalized spacial score (nSPS) is 10.6. The van der Waals surface area contributed by atoms with E-state index < -0.39 is 11.8 Å². The highest BCUT2D eigenvalue weighted by molar-refractivity contribution is 9.11. The van der Waals surface area contributed by atoms with E-state index in [1.807, 2.05) is 13.0 Å². The number of hydrogen-bond donors (Lipinski definition) is 3. The average Bonchev–Trinajstić information content (AvgIpc) is 2.51. The zero-order valence-corrected chi connectivity index (χ0v) is 15.7. The van der Waals surface area contributed by atoms with Gasteiger partial charge in [0.15, 0.2) is 0 Å². The van der Waals surface area contributed by atoms with Gasteiger partial charge in [-0.05, 0) is 52.7 Å². The Balaban J connectivity index is 1.99. The molecule has 0 unspecified atom stereocenters. The van der Waals surface area contributed by atoms with Gasteiger partial charge in [-0.25, -0.2) is 5.43 Å². The summed E-state index contributed by atoms with van der Waals surface area (Å²) >= 11 is 6.47. The molecule has 2 aromatic carbocycles. The van der Waals surface area contributed by atoms with E-state index in [0.717, 1.165) is 10.0 Å². The van der Waals surface area contributed by atoms with Gasteiger partial charge >= 0.3 is 11.8 Å². The van der Waals surface area contributed by atoms with E-state index in [9.17, 15) is 14.7 Å². The second-order valence-electron chi connectivity index (χ2n) is 4.85. The second-order valence-corrected chi connectivity index (χ2v) is 6.62. The number of halogens is 2. The number of aryl methyl sites for hydroxylation is 1.